The molecular formula is C14H13F3N4O2. The second kappa shape index (κ2) is 5.56. The standard InChI is InChI=1S/C14H13F3N4O2/c15-14(16,17)23-10-3-1-9(2-4-10)7-13(5-6-13)11(22)20-12-18-8-19-21-12/h1-4,8H,5-7H2,(H2,18,19,20,21,22). The van der Waals surface area contributed by atoms with Gasteiger partial charge in [0.2, 0.25) is 11.9 Å². The highest BCUT2D eigenvalue weighted by atomic mass is 19.4. The number of nitrogens with zero attached hydrogens (tertiary/aromatic N) is 2. The maximum Gasteiger partial charge on any atom is 0.573 e. The predicted molar refractivity (Wildman–Crippen MR) is 73.5 cm³/mol. The van der Waals surface area contributed by atoms with Crippen molar-refractivity contribution in [3.63, 3.8) is 0 Å². The number of rotatable bonds is 5. The van der Waals surface area contributed by atoms with Gasteiger partial charge in [-0.3, -0.25) is 10.1 Å². The van der Waals surface area contributed by atoms with Crippen LogP contribution in [0.5, 0.6) is 5.75 Å². The van der Waals surface area contributed by atoms with E-state index < -0.39 is 11.8 Å². The van der Waals surface area contributed by atoms with Crippen molar-refractivity contribution in [3.8, 4) is 5.75 Å². The smallest absolute Gasteiger partial charge is 0.406 e. The van der Waals surface area contributed by atoms with E-state index in [1.165, 1.54) is 30.6 Å². The van der Waals surface area contributed by atoms with Gasteiger partial charge in [-0.25, -0.2) is 5.10 Å². The van der Waals surface area contributed by atoms with Crippen LogP contribution in [0.15, 0.2) is 30.6 Å². The first-order chi connectivity index (χ1) is 10.9. The van der Waals surface area contributed by atoms with Crippen LogP contribution in [0.2, 0.25) is 0 Å². The van der Waals surface area contributed by atoms with Gasteiger partial charge in [0.15, 0.2) is 0 Å². The number of halogens is 3. The van der Waals surface area contributed by atoms with E-state index in [2.05, 4.69) is 25.2 Å². The molecule has 1 aromatic carbocycles. The zero-order chi connectivity index (χ0) is 16.5. The van der Waals surface area contributed by atoms with Gasteiger partial charge in [0.05, 0.1) is 5.41 Å². The zero-order valence-electron chi connectivity index (χ0n) is 11.9. The molecule has 1 amide bonds. The lowest BCUT2D eigenvalue weighted by Gasteiger charge is -2.14. The van der Waals surface area contributed by atoms with Gasteiger partial charge < -0.3 is 4.74 Å². The number of carbonyl (C=O) groups is 1. The van der Waals surface area contributed by atoms with Crippen LogP contribution in [-0.2, 0) is 11.2 Å². The second-order valence-electron chi connectivity index (χ2n) is 5.44. The Balaban J connectivity index is 1.63. The molecular weight excluding hydrogens is 313 g/mol. The van der Waals surface area contributed by atoms with Gasteiger partial charge in [-0.15, -0.1) is 13.2 Å². The van der Waals surface area contributed by atoms with Crippen molar-refractivity contribution in [2.75, 3.05) is 5.32 Å². The van der Waals surface area contributed by atoms with E-state index in [9.17, 15) is 18.0 Å². The molecule has 3 rings (SSSR count). The van der Waals surface area contributed by atoms with Gasteiger partial charge in [0.25, 0.3) is 0 Å². The van der Waals surface area contributed by atoms with E-state index in [0.29, 0.717) is 19.3 Å². The Hall–Kier alpha value is -2.58. The molecule has 0 bridgehead atoms. The van der Waals surface area contributed by atoms with Crippen LogP contribution in [0.25, 0.3) is 0 Å². The molecule has 0 saturated heterocycles. The number of aromatic amines is 1. The van der Waals surface area contributed by atoms with E-state index in [1.807, 2.05) is 0 Å². The number of alkyl halides is 3. The quantitative estimate of drug-likeness (QED) is 0.885. The molecule has 6 nitrogen and oxygen atoms in total. The van der Waals surface area contributed by atoms with Crippen LogP contribution in [0.3, 0.4) is 0 Å². The topological polar surface area (TPSA) is 79.9 Å². The monoisotopic (exact) mass is 326 g/mol. The molecule has 0 radical (unpaired) electrons. The third kappa shape index (κ3) is 3.79. The van der Waals surface area contributed by atoms with E-state index in [1.54, 1.807) is 0 Å². The molecule has 0 unspecified atom stereocenters. The molecule has 1 aliphatic rings. The number of amides is 1. The van der Waals surface area contributed by atoms with Crippen molar-refractivity contribution in [1.29, 1.82) is 0 Å². The fourth-order valence-corrected chi connectivity index (χ4v) is 2.34. The van der Waals surface area contributed by atoms with Crippen molar-refractivity contribution in [2.24, 2.45) is 5.41 Å². The van der Waals surface area contributed by atoms with E-state index in [4.69, 9.17) is 0 Å². The Kier molecular flexibility index (Phi) is 3.70. The third-order valence-corrected chi connectivity index (χ3v) is 3.68. The number of ether oxygens (including phenoxy) is 1. The van der Waals surface area contributed by atoms with Crippen LogP contribution in [0.4, 0.5) is 19.1 Å². The molecule has 2 aromatic rings. The molecule has 0 atom stereocenters. The molecule has 122 valence electrons. The lowest BCUT2D eigenvalue weighted by Crippen LogP contribution is -2.26. The van der Waals surface area contributed by atoms with Crippen molar-refractivity contribution in [2.45, 2.75) is 25.6 Å². The maximum atomic E-state index is 12.3. The van der Waals surface area contributed by atoms with E-state index >= 15 is 0 Å². The molecule has 1 aromatic heterocycles. The number of hydrogen-bond acceptors (Lipinski definition) is 4. The molecule has 1 saturated carbocycles. The number of aromatic nitrogens is 3. The molecule has 1 fully saturated rings. The number of carbonyl (C=O) groups excluding carboxylic acids is 1. The number of benzene rings is 1. The second-order valence-corrected chi connectivity index (χ2v) is 5.44. The predicted octanol–water partition coefficient (Wildman–Crippen LogP) is 2.66. The lowest BCUT2D eigenvalue weighted by molar-refractivity contribution is -0.274. The molecule has 1 heterocycles. The summed E-state index contributed by atoms with van der Waals surface area (Å²) in [5.74, 6) is -0.183. The Labute approximate surface area is 129 Å². The number of nitrogens with one attached hydrogen (secondary N) is 2. The van der Waals surface area contributed by atoms with Gasteiger partial charge in [-0.1, -0.05) is 12.1 Å². The Morgan fingerprint density at radius 3 is 2.52 bits per heavy atom. The van der Waals surface area contributed by atoms with Crippen LogP contribution < -0.4 is 10.1 Å². The van der Waals surface area contributed by atoms with Gasteiger partial charge in [0.1, 0.15) is 12.1 Å². The summed E-state index contributed by atoms with van der Waals surface area (Å²) in [6, 6.07) is 5.55. The summed E-state index contributed by atoms with van der Waals surface area (Å²) in [5, 5.41) is 8.83. The molecule has 0 spiro atoms. The van der Waals surface area contributed by atoms with Gasteiger partial charge in [-0.05, 0) is 37.0 Å². The van der Waals surface area contributed by atoms with Crippen molar-refractivity contribution >= 4 is 11.9 Å². The minimum atomic E-state index is -4.71. The first-order valence-corrected chi connectivity index (χ1v) is 6.88. The summed E-state index contributed by atoms with van der Waals surface area (Å²) in [4.78, 5) is 16.1. The largest absolute Gasteiger partial charge is 0.573 e. The van der Waals surface area contributed by atoms with Crippen molar-refractivity contribution in [1.82, 2.24) is 15.2 Å². The molecule has 0 aliphatic heterocycles. The molecule has 23 heavy (non-hydrogen) atoms. The number of anilines is 1. The molecule has 2 N–H and O–H groups in total. The summed E-state index contributed by atoms with van der Waals surface area (Å²) < 4.78 is 40.2. The van der Waals surface area contributed by atoms with Crippen LogP contribution >= 0.6 is 0 Å². The summed E-state index contributed by atoms with van der Waals surface area (Å²) in [7, 11) is 0. The lowest BCUT2D eigenvalue weighted by atomic mass is 9.95. The normalized spacial score (nSPS) is 16.0. The van der Waals surface area contributed by atoms with Gasteiger partial charge >= 0.3 is 6.36 Å². The summed E-state index contributed by atoms with van der Waals surface area (Å²) in [6.45, 7) is 0. The highest BCUT2D eigenvalue weighted by molar-refractivity contribution is 5.96. The number of hydrogen-bond donors (Lipinski definition) is 2. The maximum absolute atomic E-state index is 12.3. The van der Waals surface area contributed by atoms with Crippen molar-refractivity contribution < 1.29 is 22.7 Å². The minimum absolute atomic E-state index is 0.176. The highest BCUT2D eigenvalue weighted by Gasteiger charge is 2.49. The minimum Gasteiger partial charge on any atom is -0.406 e. The Morgan fingerprint density at radius 1 is 1.30 bits per heavy atom. The Bertz CT molecular complexity index is 679. The zero-order valence-corrected chi connectivity index (χ0v) is 11.9. The van der Waals surface area contributed by atoms with E-state index in [-0.39, 0.29) is 17.6 Å². The fourth-order valence-electron chi connectivity index (χ4n) is 2.34. The fraction of sp³-hybridized carbons (Fsp3) is 0.357. The van der Waals surface area contributed by atoms with Crippen LogP contribution in [0.1, 0.15) is 18.4 Å². The van der Waals surface area contributed by atoms with Gasteiger partial charge in [-0.2, -0.15) is 10.1 Å². The van der Waals surface area contributed by atoms with Crippen LogP contribution in [-0.4, -0.2) is 27.5 Å². The van der Waals surface area contributed by atoms with Gasteiger partial charge in [0, 0.05) is 0 Å². The average molecular weight is 326 g/mol. The van der Waals surface area contributed by atoms with Crippen LogP contribution in [0, 0.1) is 5.41 Å². The van der Waals surface area contributed by atoms with Crippen molar-refractivity contribution in [3.05, 3.63) is 36.2 Å². The third-order valence-electron chi connectivity index (χ3n) is 3.68. The Morgan fingerprint density at radius 2 is 2.00 bits per heavy atom. The molecule has 9 heteroatoms. The SMILES string of the molecule is O=C(Nc1ncn[nH]1)C1(Cc2ccc(OC(F)(F)F)cc2)CC1. The summed E-state index contributed by atoms with van der Waals surface area (Å²) >= 11 is 0. The molecule has 1 aliphatic carbocycles. The summed E-state index contributed by atoms with van der Waals surface area (Å²) in [5.41, 5.74) is 0.226. The van der Waals surface area contributed by atoms with E-state index in [0.717, 1.165) is 5.56 Å². The first kappa shape index (κ1) is 15.3. The average Bonchev–Trinajstić information content (AvgIpc) is 3.07. The highest BCUT2D eigenvalue weighted by Crippen LogP contribution is 2.49. The first-order valence-electron chi connectivity index (χ1n) is 6.88. The number of H-pyrrole nitrogens is 1. The summed E-state index contributed by atoms with van der Waals surface area (Å²) in [6.07, 6.45) is -1.55.